The molecule has 9 aromatic carbocycles. The Bertz CT molecular complexity index is 2550. The third-order valence-electron chi connectivity index (χ3n) is 10.9. The fourth-order valence-electron chi connectivity index (χ4n) is 8.08. The van der Waals surface area contributed by atoms with Gasteiger partial charge in [0.05, 0.1) is 0 Å². The van der Waals surface area contributed by atoms with E-state index >= 15 is 0 Å². The molecule has 0 fully saturated rings. The number of hydrogen-bond acceptors (Lipinski definition) is 2. The molecule has 0 spiro atoms. The molecule has 0 unspecified atom stereocenters. The van der Waals surface area contributed by atoms with Crippen LogP contribution in [-0.2, 0) is 8.98 Å². The van der Waals surface area contributed by atoms with Gasteiger partial charge in [0.2, 0.25) is 0 Å². The lowest BCUT2D eigenvalue weighted by Crippen LogP contribution is -2.17. The third-order valence-corrected chi connectivity index (χ3v) is 14.3. The van der Waals surface area contributed by atoms with Gasteiger partial charge in [0.15, 0.2) is 0 Å². The predicted octanol–water partition coefficient (Wildman–Crippen LogP) is 15.8. The van der Waals surface area contributed by atoms with Gasteiger partial charge in [-0.05, 0) is 113 Å². The summed E-state index contributed by atoms with van der Waals surface area (Å²) in [7, 11) is -3.01. The van der Waals surface area contributed by atoms with Gasteiger partial charge in [-0.1, -0.05) is 207 Å². The number of benzene rings is 9. The summed E-state index contributed by atoms with van der Waals surface area (Å²) in [4.78, 5) is 17.6. The monoisotopic (exact) mass is 792 g/mol. The molecule has 9 rings (SSSR count). The summed E-state index contributed by atoms with van der Waals surface area (Å²) in [5, 5.41) is 0. The fraction of sp³-hybridized carbons (Fsp3) is 0.0351. The summed E-state index contributed by atoms with van der Waals surface area (Å²) in [6, 6.07) is 83.2. The van der Waals surface area contributed by atoms with Crippen molar-refractivity contribution in [3.63, 3.8) is 0 Å². The van der Waals surface area contributed by atoms with Crippen molar-refractivity contribution in [1.82, 2.24) is 0 Å². The zero-order valence-corrected chi connectivity index (χ0v) is 34.3. The summed E-state index contributed by atoms with van der Waals surface area (Å²) in [5.74, 6) is -0.274. The van der Waals surface area contributed by atoms with E-state index in [2.05, 4.69) is 231 Å². The molecule has 0 atom stereocenters. The van der Waals surface area contributed by atoms with Gasteiger partial charge in [0.1, 0.15) is 0 Å². The summed E-state index contributed by atoms with van der Waals surface area (Å²) >= 11 is 0. The highest BCUT2D eigenvalue weighted by Gasteiger charge is 2.43. The Morgan fingerprint density at radius 3 is 0.867 bits per heavy atom. The molecule has 3 heteroatoms. The lowest BCUT2D eigenvalue weighted by atomic mass is 9.93. The van der Waals surface area contributed by atoms with Crippen molar-refractivity contribution < 1.29 is 8.98 Å². The molecule has 0 aromatic heterocycles. The Balaban J connectivity index is 1.56. The highest BCUT2D eigenvalue weighted by Crippen LogP contribution is 2.76. The number of rotatable bonds is 11. The van der Waals surface area contributed by atoms with Gasteiger partial charge < -0.3 is 4.18 Å². The molecule has 0 saturated heterocycles. The fourth-order valence-corrected chi connectivity index (χ4v) is 11.9. The molecule has 0 aliphatic carbocycles. The zero-order valence-electron chi connectivity index (χ0n) is 33.4. The number of carbonyl (C=O) groups excluding carboxylic acids is 1. The standard InChI is InChI=1S/C57H44O2S/c1-2-55(58)59-60(50-36-22-9-23-37-50,56-51(44-28-14-5-15-29-44)38-48(42-24-10-3-11-25-42)39-52(56)45-30-16-6-17-31-45)57-53(46-32-18-7-19-33-46)40-49(43-26-12-4-13-27-43)41-54(57)47-34-20-8-21-35-47/h3-41H,2H2,1H3. The number of carbonyl (C=O) groups is 1. The van der Waals surface area contributed by atoms with Crippen LogP contribution in [0.15, 0.2) is 251 Å². The highest BCUT2D eigenvalue weighted by atomic mass is 32.3. The van der Waals surface area contributed by atoms with Crippen molar-refractivity contribution >= 4 is 16.3 Å². The molecule has 0 aliphatic rings. The van der Waals surface area contributed by atoms with E-state index in [-0.39, 0.29) is 12.4 Å². The topological polar surface area (TPSA) is 26.3 Å². The van der Waals surface area contributed by atoms with Crippen LogP contribution in [0.4, 0.5) is 0 Å². The van der Waals surface area contributed by atoms with Crippen molar-refractivity contribution in [2.75, 3.05) is 0 Å². The molecule has 0 N–H and O–H groups in total. The Kier molecular flexibility index (Phi) is 11.1. The van der Waals surface area contributed by atoms with Crippen LogP contribution < -0.4 is 0 Å². The Morgan fingerprint density at radius 1 is 0.350 bits per heavy atom. The van der Waals surface area contributed by atoms with Gasteiger partial charge in [0.25, 0.3) is 0 Å². The molecule has 9 aromatic rings. The minimum atomic E-state index is -3.01. The summed E-state index contributed by atoms with van der Waals surface area (Å²) in [6.07, 6.45) is 0.203. The first-order valence-electron chi connectivity index (χ1n) is 20.4. The van der Waals surface area contributed by atoms with Crippen molar-refractivity contribution in [2.45, 2.75) is 28.0 Å². The Hall–Kier alpha value is -7.20. The predicted molar refractivity (Wildman–Crippen MR) is 251 cm³/mol. The molecule has 0 amide bonds. The zero-order chi connectivity index (χ0) is 40.7. The van der Waals surface area contributed by atoms with Gasteiger partial charge in [-0.3, -0.25) is 4.79 Å². The lowest BCUT2D eigenvalue weighted by Gasteiger charge is -2.45. The van der Waals surface area contributed by atoms with E-state index in [4.69, 9.17) is 4.18 Å². The van der Waals surface area contributed by atoms with Crippen LogP contribution in [0.2, 0.25) is 0 Å². The molecule has 0 radical (unpaired) electrons. The van der Waals surface area contributed by atoms with Crippen LogP contribution in [0.5, 0.6) is 0 Å². The van der Waals surface area contributed by atoms with Crippen molar-refractivity contribution in [3.8, 4) is 66.8 Å². The van der Waals surface area contributed by atoms with Gasteiger partial charge in [-0.2, -0.15) is 0 Å². The molecule has 0 saturated carbocycles. The van der Waals surface area contributed by atoms with Crippen molar-refractivity contribution in [1.29, 1.82) is 0 Å². The third kappa shape index (κ3) is 7.48. The van der Waals surface area contributed by atoms with E-state index in [1.165, 1.54) is 0 Å². The minimum Gasteiger partial charge on any atom is -0.402 e. The van der Waals surface area contributed by atoms with Gasteiger partial charge >= 0.3 is 5.97 Å². The number of hydrogen-bond donors (Lipinski definition) is 0. The molecule has 290 valence electrons. The van der Waals surface area contributed by atoms with Crippen LogP contribution in [0.1, 0.15) is 13.3 Å². The van der Waals surface area contributed by atoms with Crippen molar-refractivity contribution in [3.05, 3.63) is 237 Å². The molecule has 0 bridgehead atoms. The quantitative estimate of drug-likeness (QED) is 0.130. The van der Waals surface area contributed by atoms with E-state index in [9.17, 15) is 4.79 Å². The maximum Gasteiger partial charge on any atom is 0.316 e. The highest BCUT2D eigenvalue weighted by molar-refractivity contribution is 8.30. The summed E-state index contributed by atoms with van der Waals surface area (Å²) < 4.78 is 7.53. The van der Waals surface area contributed by atoms with E-state index in [0.717, 1.165) is 81.4 Å². The van der Waals surface area contributed by atoms with Crippen molar-refractivity contribution in [2.24, 2.45) is 0 Å². The van der Waals surface area contributed by atoms with Gasteiger partial charge in [-0.15, -0.1) is 0 Å². The summed E-state index contributed by atoms with van der Waals surface area (Å²) in [6.45, 7) is 1.89. The molecular weight excluding hydrogens is 749 g/mol. The minimum absolute atomic E-state index is 0.203. The molecule has 2 nitrogen and oxygen atoms in total. The van der Waals surface area contributed by atoms with E-state index < -0.39 is 10.3 Å². The average molecular weight is 793 g/mol. The van der Waals surface area contributed by atoms with Crippen LogP contribution in [0.3, 0.4) is 0 Å². The van der Waals surface area contributed by atoms with E-state index in [1.54, 1.807) is 0 Å². The lowest BCUT2D eigenvalue weighted by molar-refractivity contribution is -0.133. The van der Waals surface area contributed by atoms with E-state index in [1.807, 2.05) is 13.0 Å². The molecule has 0 heterocycles. The first-order chi connectivity index (χ1) is 29.6. The Labute approximate surface area is 355 Å². The Morgan fingerprint density at radius 2 is 0.600 bits per heavy atom. The normalized spacial score (nSPS) is 11.5. The SMILES string of the molecule is CCC(=O)OS(c1ccccc1)(c1c(-c2ccccc2)cc(-c2ccccc2)cc1-c1ccccc1)c1c(-c2ccccc2)cc(-c2ccccc2)cc1-c1ccccc1. The van der Waals surface area contributed by atoms with Crippen LogP contribution in [0, 0.1) is 0 Å². The summed E-state index contributed by atoms with van der Waals surface area (Å²) in [5.41, 5.74) is 12.5. The van der Waals surface area contributed by atoms with Crippen LogP contribution >= 0.6 is 10.3 Å². The molecule has 0 aliphatic heterocycles. The first kappa shape index (κ1) is 38.3. The largest absolute Gasteiger partial charge is 0.402 e. The average Bonchev–Trinajstić information content (AvgIpc) is 3.34. The van der Waals surface area contributed by atoms with E-state index in [0.29, 0.717) is 0 Å². The molecular formula is C57H44O2S. The second kappa shape index (κ2) is 17.3. The van der Waals surface area contributed by atoms with Gasteiger partial charge in [-0.25, -0.2) is 0 Å². The van der Waals surface area contributed by atoms with Crippen LogP contribution in [-0.4, -0.2) is 5.97 Å². The second-order valence-electron chi connectivity index (χ2n) is 14.7. The second-order valence-corrected chi connectivity index (χ2v) is 17.2. The maximum absolute atomic E-state index is 14.7. The molecule has 60 heavy (non-hydrogen) atoms. The van der Waals surface area contributed by atoms with Gasteiger partial charge in [0, 0.05) is 21.1 Å². The maximum atomic E-state index is 14.7. The first-order valence-corrected chi connectivity index (χ1v) is 22.0. The van der Waals surface area contributed by atoms with Crippen LogP contribution in [0.25, 0.3) is 66.8 Å². The smallest absolute Gasteiger partial charge is 0.316 e.